The summed E-state index contributed by atoms with van der Waals surface area (Å²) in [5.74, 6) is 0. The SMILES string of the molecule is CNCCN(C)CCNCCN1CCN(C)CC1. The molecule has 0 atom stereocenters. The van der Waals surface area contributed by atoms with E-state index in [4.69, 9.17) is 0 Å². The third kappa shape index (κ3) is 7.28. The lowest BCUT2D eigenvalue weighted by Crippen LogP contribution is -2.46. The predicted molar refractivity (Wildman–Crippen MR) is 78.2 cm³/mol. The molecule has 0 aromatic rings. The summed E-state index contributed by atoms with van der Waals surface area (Å²) in [7, 11) is 6.39. The van der Waals surface area contributed by atoms with Gasteiger partial charge in [-0.3, -0.25) is 4.90 Å². The maximum atomic E-state index is 3.53. The first kappa shape index (κ1) is 15.9. The summed E-state index contributed by atoms with van der Waals surface area (Å²) in [6, 6.07) is 0. The van der Waals surface area contributed by atoms with Crippen molar-refractivity contribution in [2.75, 3.05) is 86.6 Å². The molecule has 0 unspecified atom stereocenters. The Kier molecular flexibility index (Phi) is 8.54. The monoisotopic (exact) mass is 257 g/mol. The minimum Gasteiger partial charge on any atom is -0.318 e. The number of piperazine rings is 1. The quantitative estimate of drug-likeness (QED) is 0.517. The molecule has 0 aromatic heterocycles. The third-order valence-electron chi connectivity index (χ3n) is 3.61. The van der Waals surface area contributed by atoms with Crippen molar-refractivity contribution in [3.63, 3.8) is 0 Å². The minimum absolute atomic E-state index is 1.07. The highest BCUT2D eigenvalue weighted by molar-refractivity contribution is 4.69. The molecule has 18 heavy (non-hydrogen) atoms. The van der Waals surface area contributed by atoms with E-state index in [0.29, 0.717) is 0 Å². The first-order valence-corrected chi connectivity index (χ1v) is 7.17. The molecule has 0 aliphatic carbocycles. The second-order valence-electron chi connectivity index (χ2n) is 5.30. The molecule has 1 aliphatic heterocycles. The molecule has 0 radical (unpaired) electrons. The van der Waals surface area contributed by atoms with Gasteiger partial charge in [-0.25, -0.2) is 0 Å². The Hall–Kier alpha value is -0.200. The molecule has 0 saturated carbocycles. The summed E-state index contributed by atoms with van der Waals surface area (Å²) in [4.78, 5) is 7.32. The lowest BCUT2D eigenvalue weighted by molar-refractivity contribution is 0.154. The molecule has 2 N–H and O–H groups in total. The van der Waals surface area contributed by atoms with Crippen LogP contribution in [0.4, 0.5) is 0 Å². The fourth-order valence-corrected chi connectivity index (χ4v) is 2.12. The van der Waals surface area contributed by atoms with Gasteiger partial charge >= 0.3 is 0 Å². The van der Waals surface area contributed by atoms with E-state index in [-0.39, 0.29) is 0 Å². The Morgan fingerprint density at radius 2 is 1.67 bits per heavy atom. The smallest absolute Gasteiger partial charge is 0.0110 e. The number of hydrogen-bond acceptors (Lipinski definition) is 5. The number of likely N-dealkylation sites (N-methyl/N-ethyl adjacent to an activating group) is 3. The van der Waals surface area contributed by atoms with Crippen molar-refractivity contribution in [1.29, 1.82) is 0 Å². The zero-order chi connectivity index (χ0) is 13.2. The van der Waals surface area contributed by atoms with Gasteiger partial charge in [0.25, 0.3) is 0 Å². The van der Waals surface area contributed by atoms with Crippen molar-refractivity contribution in [2.45, 2.75) is 0 Å². The first-order valence-electron chi connectivity index (χ1n) is 7.17. The molecular weight excluding hydrogens is 226 g/mol. The molecule has 1 heterocycles. The molecule has 108 valence electrons. The standard InChI is InChI=1S/C13H31N5/c1-14-4-7-16(2)8-5-15-6-9-18-12-10-17(3)11-13-18/h14-15H,4-13H2,1-3H3. The van der Waals surface area contributed by atoms with Crippen LogP contribution in [0.3, 0.4) is 0 Å². The summed E-state index contributed by atoms with van der Waals surface area (Å²) in [6.07, 6.45) is 0. The van der Waals surface area contributed by atoms with Crippen LogP contribution in [0.5, 0.6) is 0 Å². The highest BCUT2D eigenvalue weighted by Gasteiger charge is 2.12. The van der Waals surface area contributed by atoms with Gasteiger partial charge in [0, 0.05) is 65.4 Å². The Morgan fingerprint density at radius 1 is 1.00 bits per heavy atom. The summed E-state index contributed by atoms with van der Waals surface area (Å²) in [6.45, 7) is 11.6. The van der Waals surface area contributed by atoms with Crippen LogP contribution in [0.15, 0.2) is 0 Å². The van der Waals surface area contributed by atoms with Gasteiger partial charge in [-0.15, -0.1) is 0 Å². The van der Waals surface area contributed by atoms with Crippen LogP contribution in [0, 0.1) is 0 Å². The average molecular weight is 257 g/mol. The summed E-state index contributed by atoms with van der Waals surface area (Å²) in [5.41, 5.74) is 0. The second-order valence-corrected chi connectivity index (χ2v) is 5.30. The molecule has 0 aromatic carbocycles. The third-order valence-corrected chi connectivity index (χ3v) is 3.61. The van der Waals surface area contributed by atoms with Crippen molar-refractivity contribution in [3.05, 3.63) is 0 Å². The van der Waals surface area contributed by atoms with Crippen LogP contribution < -0.4 is 10.6 Å². The second kappa shape index (κ2) is 9.69. The predicted octanol–water partition coefficient (Wildman–Crippen LogP) is -1.03. The first-order chi connectivity index (χ1) is 8.72. The molecular formula is C13H31N5. The highest BCUT2D eigenvalue weighted by atomic mass is 15.2. The minimum atomic E-state index is 1.07. The van der Waals surface area contributed by atoms with Gasteiger partial charge < -0.3 is 20.4 Å². The van der Waals surface area contributed by atoms with Crippen LogP contribution in [0.2, 0.25) is 0 Å². The number of nitrogens with zero attached hydrogens (tertiary/aromatic N) is 3. The Balaban J connectivity index is 1.89. The molecule has 1 fully saturated rings. The van der Waals surface area contributed by atoms with Crippen LogP contribution in [-0.2, 0) is 0 Å². The van der Waals surface area contributed by atoms with E-state index in [1.165, 1.54) is 32.7 Å². The van der Waals surface area contributed by atoms with Gasteiger partial charge in [0.05, 0.1) is 0 Å². The fraction of sp³-hybridized carbons (Fsp3) is 1.00. The fourth-order valence-electron chi connectivity index (χ4n) is 2.12. The average Bonchev–Trinajstić information content (AvgIpc) is 2.38. The largest absolute Gasteiger partial charge is 0.318 e. The van der Waals surface area contributed by atoms with Crippen LogP contribution in [0.25, 0.3) is 0 Å². The summed E-state index contributed by atoms with van der Waals surface area (Å²) >= 11 is 0. The summed E-state index contributed by atoms with van der Waals surface area (Å²) in [5, 5.41) is 6.71. The Labute approximate surface area is 112 Å². The van der Waals surface area contributed by atoms with Gasteiger partial charge in [-0.1, -0.05) is 0 Å². The zero-order valence-corrected chi connectivity index (χ0v) is 12.4. The van der Waals surface area contributed by atoms with E-state index >= 15 is 0 Å². The Bertz CT molecular complexity index is 192. The van der Waals surface area contributed by atoms with Crippen molar-refractivity contribution >= 4 is 0 Å². The number of hydrogen-bond donors (Lipinski definition) is 2. The van der Waals surface area contributed by atoms with Crippen LogP contribution >= 0.6 is 0 Å². The lowest BCUT2D eigenvalue weighted by atomic mass is 10.3. The topological polar surface area (TPSA) is 33.8 Å². The van der Waals surface area contributed by atoms with Gasteiger partial charge in [0.2, 0.25) is 0 Å². The van der Waals surface area contributed by atoms with E-state index in [2.05, 4.69) is 39.4 Å². The van der Waals surface area contributed by atoms with Gasteiger partial charge in [-0.05, 0) is 21.1 Å². The highest BCUT2D eigenvalue weighted by Crippen LogP contribution is 1.97. The maximum absolute atomic E-state index is 3.53. The van der Waals surface area contributed by atoms with E-state index in [1.54, 1.807) is 0 Å². The van der Waals surface area contributed by atoms with E-state index in [0.717, 1.165) is 32.7 Å². The molecule has 1 saturated heterocycles. The molecule has 0 bridgehead atoms. The van der Waals surface area contributed by atoms with Gasteiger partial charge in [-0.2, -0.15) is 0 Å². The van der Waals surface area contributed by atoms with Crippen LogP contribution in [0.1, 0.15) is 0 Å². The number of rotatable bonds is 9. The van der Waals surface area contributed by atoms with E-state index in [1.807, 2.05) is 7.05 Å². The summed E-state index contributed by atoms with van der Waals surface area (Å²) < 4.78 is 0. The lowest BCUT2D eigenvalue weighted by Gasteiger charge is -2.32. The van der Waals surface area contributed by atoms with Crippen LogP contribution in [-0.4, -0.2) is 101 Å². The molecule has 5 nitrogen and oxygen atoms in total. The van der Waals surface area contributed by atoms with E-state index < -0.39 is 0 Å². The molecule has 0 amide bonds. The Morgan fingerprint density at radius 3 is 2.33 bits per heavy atom. The molecule has 5 heteroatoms. The molecule has 0 spiro atoms. The zero-order valence-electron chi connectivity index (χ0n) is 12.4. The number of nitrogens with one attached hydrogen (secondary N) is 2. The van der Waals surface area contributed by atoms with Crippen molar-refractivity contribution in [2.24, 2.45) is 0 Å². The van der Waals surface area contributed by atoms with E-state index in [9.17, 15) is 0 Å². The van der Waals surface area contributed by atoms with Crippen molar-refractivity contribution in [3.8, 4) is 0 Å². The molecule has 1 aliphatic rings. The van der Waals surface area contributed by atoms with Gasteiger partial charge in [0.1, 0.15) is 0 Å². The normalized spacial score (nSPS) is 18.7. The van der Waals surface area contributed by atoms with Crippen molar-refractivity contribution in [1.82, 2.24) is 25.3 Å². The maximum Gasteiger partial charge on any atom is 0.0110 e. The van der Waals surface area contributed by atoms with Gasteiger partial charge in [0.15, 0.2) is 0 Å². The van der Waals surface area contributed by atoms with Crippen molar-refractivity contribution < 1.29 is 0 Å². The molecule has 1 rings (SSSR count).